The number of aryl methyl sites for hydroxylation is 1. The van der Waals surface area contributed by atoms with Gasteiger partial charge in [0.1, 0.15) is 0 Å². The summed E-state index contributed by atoms with van der Waals surface area (Å²) in [6, 6.07) is 4.89. The first kappa shape index (κ1) is 19.6. The summed E-state index contributed by atoms with van der Waals surface area (Å²) in [6.07, 6.45) is 7.46. The van der Waals surface area contributed by atoms with Crippen LogP contribution < -0.4 is 10.6 Å². The Hall–Kier alpha value is -1.76. The standard InChI is InChI=1S/C22H30N4OS/c1-2-16-5-6-18(25-12-16)13-26-11-8-19-20(15-28-21(19)14-26)22(27)24-10-7-17-4-3-9-23-17/h5-6,12,15,17,23H,2-4,7-11,13-14H2,1H3,(H,24,27)/t17-/m1/s1. The van der Waals surface area contributed by atoms with Crippen molar-refractivity contribution in [1.82, 2.24) is 20.5 Å². The lowest BCUT2D eigenvalue weighted by atomic mass is 10.0. The summed E-state index contributed by atoms with van der Waals surface area (Å²) in [6.45, 7) is 6.79. The Morgan fingerprint density at radius 3 is 3.11 bits per heavy atom. The summed E-state index contributed by atoms with van der Waals surface area (Å²) >= 11 is 1.72. The number of carbonyl (C=O) groups excluding carboxylic acids is 1. The number of rotatable bonds is 7. The minimum Gasteiger partial charge on any atom is -0.352 e. The molecular weight excluding hydrogens is 368 g/mol. The third kappa shape index (κ3) is 4.62. The molecule has 1 atom stereocenters. The number of fused-ring (bicyclic) bond motifs is 1. The molecule has 1 saturated heterocycles. The quantitative estimate of drug-likeness (QED) is 0.752. The van der Waals surface area contributed by atoms with Gasteiger partial charge in [0.05, 0.1) is 11.3 Å². The molecule has 1 amide bonds. The van der Waals surface area contributed by atoms with E-state index in [4.69, 9.17) is 0 Å². The third-order valence-electron chi connectivity index (χ3n) is 5.89. The summed E-state index contributed by atoms with van der Waals surface area (Å²) < 4.78 is 0. The van der Waals surface area contributed by atoms with Gasteiger partial charge in [-0.15, -0.1) is 11.3 Å². The number of hydrogen-bond acceptors (Lipinski definition) is 5. The Morgan fingerprint density at radius 2 is 2.36 bits per heavy atom. The average molecular weight is 399 g/mol. The molecule has 5 nitrogen and oxygen atoms in total. The van der Waals surface area contributed by atoms with Crippen molar-refractivity contribution < 1.29 is 4.79 Å². The lowest BCUT2D eigenvalue weighted by Crippen LogP contribution is -2.33. The number of hydrogen-bond donors (Lipinski definition) is 2. The van der Waals surface area contributed by atoms with Crippen molar-refractivity contribution in [2.45, 2.75) is 58.2 Å². The maximum Gasteiger partial charge on any atom is 0.252 e. The Labute approximate surface area is 171 Å². The van der Waals surface area contributed by atoms with Gasteiger partial charge in [-0.05, 0) is 55.8 Å². The molecule has 0 aliphatic carbocycles. The minimum absolute atomic E-state index is 0.0979. The topological polar surface area (TPSA) is 57.3 Å². The van der Waals surface area contributed by atoms with E-state index in [0.29, 0.717) is 6.04 Å². The van der Waals surface area contributed by atoms with E-state index < -0.39 is 0 Å². The van der Waals surface area contributed by atoms with Gasteiger partial charge in [-0.1, -0.05) is 13.0 Å². The van der Waals surface area contributed by atoms with Crippen LogP contribution in [0.15, 0.2) is 23.7 Å². The molecule has 0 unspecified atom stereocenters. The van der Waals surface area contributed by atoms with Gasteiger partial charge in [0, 0.05) is 48.7 Å². The zero-order chi connectivity index (χ0) is 19.3. The third-order valence-corrected chi connectivity index (χ3v) is 6.90. The second-order valence-electron chi connectivity index (χ2n) is 7.86. The van der Waals surface area contributed by atoms with Crippen molar-refractivity contribution in [3.05, 3.63) is 51.0 Å². The van der Waals surface area contributed by atoms with Crippen LogP contribution in [0, 0.1) is 0 Å². The summed E-state index contributed by atoms with van der Waals surface area (Å²) in [4.78, 5) is 21.0. The Balaban J connectivity index is 1.31. The van der Waals surface area contributed by atoms with Crippen LogP contribution in [0.4, 0.5) is 0 Å². The summed E-state index contributed by atoms with van der Waals surface area (Å²) in [7, 11) is 0. The lowest BCUT2D eigenvalue weighted by molar-refractivity contribution is 0.0951. The monoisotopic (exact) mass is 398 g/mol. The van der Waals surface area contributed by atoms with E-state index in [2.05, 4.69) is 39.6 Å². The van der Waals surface area contributed by atoms with Gasteiger partial charge < -0.3 is 10.6 Å². The first-order valence-corrected chi connectivity index (χ1v) is 11.4. The second-order valence-corrected chi connectivity index (χ2v) is 8.83. The van der Waals surface area contributed by atoms with Crippen LogP contribution >= 0.6 is 11.3 Å². The Kier molecular flexibility index (Phi) is 6.40. The fraction of sp³-hybridized carbons (Fsp3) is 0.545. The highest BCUT2D eigenvalue weighted by molar-refractivity contribution is 7.10. The van der Waals surface area contributed by atoms with E-state index in [1.165, 1.54) is 28.8 Å². The minimum atomic E-state index is 0.0979. The predicted molar refractivity (Wildman–Crippen MR) is 114 cm³/mol. The van der Waals surface area contributed by atoms with Crippen LogP contribution in [-0.4, -0.2) is 41.5 Å². The Bertz CT molecular complexity index is 795. The van der Waals surface area contributed by atoms with Gasteiger partial charge in [-0.25, -0.2) is 0 Å². The van der Waals surface area contributed by atoms with E-state index in [0.717, 1.165) is 63.2 Å². The van der Waals surface area contributed by atoms with Crippen LogP contribution in [0.1, 0.15) is 58.2 Å². The summed E-state index contributed by atoms with van der Waals surface area (Å²) in [5.41, 5.74) is 4.55. The first-order chi connectivity index (χ1) is 13.7. The zero-order valence-electron chi connectivity index (χ0n) is 16.7. The molecule has 2 aliphatic heterocycles. The first-order valence-electron chi connectivity index (χ1n) is 10.5. The number of nitrogens with one attached hydrogen (secondary N) is 2. The molecule has 0 aromatic carbocycles. The van der Waals surface area contributed by atoms with Crippen LogP contribution in [0.2, 0.25) is 0 Å². The number of aromatic nitrogens is 1. The van der Waals surface area contributed by atoms with Crippen molar-refractivity contribution in [3.8, 4) is 0 Å². The molecule has 4 rings (SSSR count). The number of carbonyl (C=O) groups is 1. The molecular formula is C22H30N4OS. The maximum atomic E-state index is 12.6. The number of amides is 1. The molecule has 0 spiro atoms. The Morgan fingerprint density at radius 1 is 1.43 bits per heavy atom. The highest BCUT2D eigenvalue weighted by Gasteiger charge is 2.24. The van der Waals surface area contributed by atoms with Crippen LogP contribution in [0.25, 0.3) is 0 Å². The summed E-state index contributed by atoms with van der Waals surface area (Å²) in [5, 5.41) is 8.66. The molecule has 6 heteroatoms. The van der Waals surface area contributed by atoms with Crippen molar-refractivity contribution in [3.63, 3.8) is 0 Å². The van der Waals surface area contributed by atoms with Gasteiger partial charge in [0.25, 0.3) is 5.91 Å². The van der Waals surface area contributed by atoms with Gasteiger partial charge in [0.2, 0.25) is 0 Å². The number of nitrogens with zero attached hydrogens (tertiary/aromatic N) is 2. The predicted octanol–water partition coefficient (Wildman–Crippen LogP) is 3.14. The van der Waals surface area contributed by atoms with Crippen LogP contribution in [0.5, 0.6) is 0 Å². The second kappa shape index (κ2) is 9.16. The largest absolute Gasteiger partial charge is 0.352 e. The molecule has 2 N–H and O–H groups in total. The molecule has 2 aromatic heterocycles. The van der Waals surface area contributed by atoms with Gasteiger partial charge in [0.15, 0.2) is 0 Å². The smallest absolute Gasteiger partial charge is 0.252 e. The normalized spacial score (nSPS) is 19.5. The number of thiophene rings is 1. The van der Waals surface area contributed by atoms with E-state index in [-0.39, 0.29) is 5.91 Å². The molecule has 4 heterocycles. The van der Waals surface area contributed by atoms with Crippen molar-refractivity contribution >= 4 is 17.2 Å². The molecule has 150 valence electrons. The molecule has 28 heavy (non-hydrogen) atoms. The van der Waals surface area contributed by atoms with E-state index in [1.807, 2.05) is 11.6 Å². The van der Waals surface area contributed by atoms with Gasteiger partial charge in [-0.2, -0.15) is 0 Å². The van der Waals surface area contributed by atoms with Crippen molar-refractivity contribution in [2.75, 3.05) is 19.6 Å². The molecule has 2 aliphatic rings. The lowest BCUT2D eigenvalue weighted by Gasteiger charge is -2.27. The average Bonchev–Trinajstić information content (AvgIpc) is 3.38. The molecule has 0 radical (unpaired) electrons. The van der Waals surface area contributed by atoms with Crippen molar-refractivity contribution in [2.24, 2.45) is 0 Å². The molecule has 2 aromatic rings. The molecule has 0 saturated carbocycles. The molecule has 1 fully saturated rings. The number of pyridine rings is 1. The highest BCUT2D eigenvalue weighted by atomic mass is 32.1. The van der Waals surface area contributed by atoms with E-state index >= 15 is 0 Å². The van der Waals surface area contributed by atoms with E-state index in [1.54, 1.807) is 11.3 Å². The fourth-order valence-corrected chi connectivity index (χ4v) is 5.27. The zero-order valence-corrected chi connectivity index (χ0v) is 17.5. The maximum absolute atomic E-state index is 12.6. The fourth-order valence-electron chi connectivity index (χ4n) is 4.15. The van der Waals surface area contributed by atoms with Crippen molar-refractivity contribution in [1.29, 1.82) is 0 Å². The SMILES string of the molecule is CCc1ccc(CN2CCc3c(C(=O)NCC[C@H]4CCCN4)csc3C2)nc1. The van der Waals surface area contributed by atoms with Crippen LogP contribution in [0.3, 0.4) is 0 Å². The van der Waals surface area contributed by atoms with Gasteiger partial charge in [-0.3, -0.25) is 14.7 Å². The molecule has 0 bridgehead atoms. The summed E-state index contributed by atoms with van der Waals surface area (Å²) in [5.74, 6) is 0.0979. The highest BCUT2D eigenvalue weighted by Crippen LogP contribution is 2.29. The van der Waals surface area contributed by atoms with Crippen LogP contribution in [-0.2, 0) is 25.9 Å². The van der Waals surface area contributed by atoms with E-state index in [9.17, 15) is 4.79 Å². The van der Waals surface area contributed by atoms with Gasteiger partial charge >= 0.3 is 0 Å².